The lowest BCUT2D eigenvalue weighted by Gasteiger charge is -2.33. The average Bonchev–Trinajstić information content (AvgIpc) is 3.35. The lowest BCUT2D eigenvalue weighted by atomic mass is 10.1. The van der Waals surface area contributed by atoms with Crippen LogP contribution in [0.2, 0.25) is 0 Å². The first-order valence-corrected chi connectivity index (χ1v) is 10.0. The van der Waals surface area contributed by atoms with Gasteiger partial charge in [0.15, 0.2) is 9.84 Å². The molecule has 1 aromatic rings. The molecule has 1 saturated heterocycles. The molecule has 0 aromatic carbocycles. The molecule has 1 atom stereocenters. The molecular formula is C16H22N2O3S. The van der Waals surface area contributed by atoms with E-state index in [2.05, 4.69) is 4.98 Å². The fourth-order valence-corrected chi connectivity index (χ4v) is 4.99. The topological polar surface area (TPSA) is 70.2 Å². The zero-order chi connectivity index (χ0) is 15.5. The number of aromatic nitrogens is 1. The Bertz CT molecular complexity index is 714. The summed E-state index contributed by atoms with van der Waals surface area (Å²) >= 11 is 0. The van der Waals surface area contributed by atoms with Gasteiger partial charge in [-0.25, -0.2) is 8.42 Å². The molecule has 22 heavy (non-hydrogen) atoms. The van der Waals surface area contributed by atoms with Crippen molar-refractivity contribution in [2.45, 2.75) is 50.5 Å². The Hall–Kier alpha value is -1.30. The molecule has 0 radical (unpaired) electrons. The molecule has 1 aliphatic heterocycles. The molecule has 3 fully saturated rings. The molecule has 2 saturated carbocycles. The summed E-state index contributed by atoms with van der Waals surface area (Å²) in [6, 6.07) is 1.79. The van der Waals surface area contributed by atoms with E-state index in [1.165, 1.54) is 18.5 Å². The fraction of sp³-hybridized carbons (Fsp3) is 0.688. The molecule has 2 heterocycles. The zero-order valence-electron chi connectivity index (χ0n) is 12.8. The number of amides is 1. The third kappa shape index (κ3) is 2.57. The SMILES string of the molecule is CC1CS(=O)(=O)CCN1C(=O)c1cc(C2CC2)[nH]c1C1CC1. The maximum absolute atomic E-state index is 12.9. The van der Waals surface area contributed by atoms with Gasteiger partial charge in [-0.1, -0.05) is 0 Å². The van der Waals surface area contributed by atoms with E-state index in [4.69, 9.17) is 0 Å². The summed E-state index contributed by atoms with van der Waals surface area (Å²) < 4.78 is 23.4. The number of aromatic amines is 1. The van der Waals surface area contributed by atoms with Crippen LogP contribution in [-0.2, 0) is 9.84 Å². The standard InChI is InChI=1S/C16H22N2O3S/c1-10-9-22(20,21)7-6-18(10)16(19)13-8-14(11-2-3-11)17-15(13)12-4-5-12/h8,10-12,17H,2-7,9H2,1H3. The minimum absolute atomic E-state index is 0.00690. The highest BCUT2D eigenvalue weighted by molar-refractivity contribution is 7.91. The van der Waals surface area contributed by atoms with Gasteiger partial charge in [0.1, 0.15) is 0 Å². The molecule has 0 bridgehead atoms. The molecule has 0 spiro atoms. The first-order chi connectivity index (χ1) is 10.4. The first kappa shape index (κ1) is 14.3. The van der Waals surface area contributed by atoms with Crippen molar-refractivity contribution in [3.63, 3.8) is 0 Å². The van der Waals surface area contributed by atoms with Crippen LogP contribution in [0.25, 0.3) is 0 Å². The minimum atomic E-state index is -2.99. The average molecular weight is 322 g/mol. The maximum Gasteiger partial charge on any atom is 0.255 e. The number of nitrogens with one attached hydrogen (secondary N) is 1. The van der Waals surface area contributed by atoms with Gasteiger partial charge in [0.25, 0.3) is 5.91 Å². The minimum Gasteiger partial charge on any atom is -0.361 e. The van der Waals surface area contributed by atoms with Crippen molar-refractivity contribution in [2.24, 2.45) is 0 Å². The Morgan fingerprint density at radius 1 is 1.23 bits per heavy atom. The highest BCUT2D eigenvalue weighted by Gasteiger charge is 2.37. The van der Waals surface area contributed by atoms with Crippen LogP contribution in [0.5, 0.6) is 0 Å². The van der Waals surface area contributed by atoms with E-state index in [1.54, 1.807) is 4.90 Å². The van der Waals surface area contributed by atoms with Gasteiger partial charge >= 0.3 is 0 Å². The molecule has 6 heteroatoms. The zero-order valence-corrected chi connectivity index (χ0v) is 13.7. The second-order valence-electron chi connectivity index (χ2n) is 7.06. The highest BCUT2D eigenvalue weighted by Crippen LogP contribution is 2.45. The van der Waals surface area contributed by atoms with Gasteiger partial charge in [-0.05, 0) is 50.5 Å². The number of carbonyl (C=O) groups is 1. The van der Waals surface area contributed by atoms with Crippen molar-refractivity contribution in [2.75, 3.05) is 18.1 Å². The van der Waals surface area contributed by atoms with E-state index in [-0.39, 0.29) is 23.5 Å². The van der Waals surface area contributed by atoms with Crippen LogP contribution in [0.1, 0.15) is 66.2 Å². The van der Waals surface area contributed by atoms with Crippen LogP contribution in [-0.4, -0.2) is 48.3 Å². The van der Waals surface area contributed by atoms with E-state index < -0.39 is 9.84 Å². The Kier molecular flexibility index (Phi) is 3.15. The normalized spacial score (nSPS) is 27.9. The number of rotatable bonds is 3. The maximum atomic E-state index is 12.9. The van der Waals surface area contributed by atoms with E-state index in [0.717, 1.165) is 24.1 Å². The van der Waals surface area contributed by atoms with E-state index in [0.29, 0.717) is 18.4 Å². The molecule has 5 nitrogen and oxygen atoms in total. The second kappa shape index (κ2) is 4.85. The molecule has 4 rings (SSSR count). The highest BCUT2D eigenvalue weighted by atomic mass is 32.2. The van der Waals surface area contributed by atoms with Crippen LogP contribution in [0.3, 0.4) is 0 Å². The summed E-state index contributed by atoms with van der Waals surface area (Å²) in [5, 5.41) is 0. The van der Waals surface area contributed by atoms with E-state index in [1.807, 2.05) is 13.0 Å². The van der Waals surface area contributed by atoms with Gasteiger partial charge in [0, 0.05) is 24.0 Å². The second-order valence-corrected chi connectivity index (χ2v) is 9.29. The molecule has 120 valence electrons. The molecule has 1 N–H and O–H groups in total. The van der Waals surface area contributed by atoms with Crippen LogP contribution >= 0.6 is 0 Å². The summed E-state index contributed by atoms with van der Waals surface area (Å²) in [4.78, 5) is 18.2. The molecule has 1 aromatic heterocycles. The predicted octanol–water partition coefficient (Wildman–Crippen LogP) is 2.03. The third-order valence-corrected chi connectivity index (χ3v) is 6.83. The fourth-order valence-electron chi connectivity index (χ4n) is 3.43. The number of hydrogen-bond acceptors (Lipinski definition) is 3. The molecule has 1 unspecified atom stereocenters. The van der Waals surface area contributed by atoms with Gasteiger partial charge in [0.2, 0.25) is 0 Å². The van der Waals surface area contributed by atoms with Crippen LogP contribution in [0.15, 0.2) is 6.07 Å². The first-order valence-electron chi connectivity index (χ1n) is 8.19. The van der Waals surface area contributed by atoms with Crippen molar-refractivity contribution in [3.8, 4) is 0 Å². The third-order valence-electron chi connectivity index (χ3n) is 5.03. The summed E-state index contributed by atoms with van der Waals surface area (Å²) in [7, 11) is -2.99. The van der Waals surface area contributed by atoms with Crippen LogP contribution < -0.4 is 0 Å². The lowest BCUT2D eigenvalue weighted by Crippen LogP contribution is -2.49. The van der Waals surface area contributed by atoms with Crippen molar-refractivity contribution < 1.29 is 13.2 Å². The lowest BCUT2D eigenvalue weighted by molar-refractivity contribution is 0.0711. The van der Waals surface area contributed by atoms with Crippen molar-refractivity contribution in [3.05, 3.63) is 23.0 Å². The Morgan fingerprint density at radius 2 is 1.91 bits per heavy atom. The van der Waals surface area contributed by atoms with Crippen molar-refractivity contribution in [1.82, 2.24) is 9.88 Å². The van der Waals surface area contributed by atoms with E-state index >= 15 is 0 Å². The number of carbonyl (C=O) groups excluding carboxylic acids is 1. The van der Waals surface area contributed by atoms with Crippen LogP contribution in [0, 0.1) is 0 Å². The van der Waals surface area contributed by atoms with Gasteiger partial charge in [-0.15, -0.1) is 0 Å². The molecule has 1 amide bonds. The molecule has 3 aliphatic rings. The number of H-pyrrole nitrogens is 1. The molecular weight excluding hydrogens is 300 g/mol. The van der Waals surface area contributed by atoms with Gasteiger partial charge in [0.05, 0.1) is 17.1 Å². The number of hydrogen-bond donors (Lipinski definition) is 1. The Morgan fingerprint density at radius 3 is 2.50 bits per heavy atom. The number of sulfone groups is 1. The van der Waals surface area contributed by atoms with Gasteiger partial charge in [-0.3, -0.25) is 4.79 Å². The van der Waals surface area contributed by atoms with Crippen molar-refractivity contribution >= 4 is 15.7 Å². The predicted molar refractivity (Wildman–Crippen MR) is 83.9 cm³/mol. The smallest absolute Gasteiger partial charge is 0.255 e. The van der Waals surface area contributed by atoms with E-state index in [9.17, 15) is 13.2 Å². The van der Waals surface area contributed by atoms with Crippen molar-refractivity contribution in [1.29, 1.82) is 0 Å². The largest absolute Gasteiger partial charge is 0.361 e. The summed E-state index contributed by atoms with van der Waals surface area (Å²) in [5.41, 5.74) is 3.07. The monoisotopic (exact) mass is 322 g/mol. The van der Waals surface area contributed by atoms with Gasteiger partial charge < -0.3 is 9.88 Å². The Balaban J connectivity index is 1.62. The quantitative estimate of drug-likeness (QED) is 0.925. The summed E-state index contributed by atoms with van der Waals surface area (Å²) in [6.07, 6.45) is 4.71. The summed E-state index contributed by atoms with van der Waals surface area (Å²) in [6.45, 7) is 2.15. The Labute approximate surface area is 131 Å². The van der Waals surface area contributed by atoms with Crippen LogP contribution in [0.4, 0.5) is 0 Å². The summed E-state index contributed by atoms with van der Waals surface area (Å²) in [5.74, 6) is 1.26. The molecule has 2 aliphatic carbocycles. The number of nitrogens with zero attached hydrogens (tertiary/aromatic N) is 1. The van der Waals surface area contributed by atoms with Gasteiger partial charge in [-0.2, -0.15) is 0 Å².